The van der Waals surface area contributed by atoms with E-state index in [1.54, 1.807) is 36.4 Å². The number of rotatable bonds is 1. The van der Waals surface area contributed by atoms with Gasteiger partial charge in [-0.3, -0.25) is 0 Å². The highest BCUT2D eigenvalue weighted by Gasteiger charge is 2.28. The molecule has 19 heavy (non-hydrogen) atoms. The number of esters is 1. The Hall–Kier alpha value is -1.77. The molecule has 2 aromatic rings. The fourth-order valence-corrected chi connectivity index (χ4v) is 2.34. The van der Waals surface area contributed by atoms with Crippen LogP contribution >= 0.6 is 23.2 Å². The average molecular weight is 291 g/mol. The Morgan fingerprint density at radius 1 is 0.947 bits per heavy atom. The van der Waals surface area contributed by atoms with Gasteiger partial charge in [0.2, 0.25) is 0 Å². The summed E-state index contributed by atoms with van der Waals surface area (Å²) in [6.07, 6.45) is 0. The average Bonchev–Trinajstić information content (AvgIpc) is 2.77. The summed E-state index contributed by atoms with van der Waals surface area (Å²) in [4.78, 5) is 11.7. The number of halogens is 2. The summed E-state index contributed by atoms with van der Waals surface area (Å²) in [5.74, 6) is 0.0160. The van der Waals surface area contributed by atoms with E-state index in [1.165, 1.54) is 0 Å². The molecule has 0 aliphatic carbocycles. The predicted octanol–water partition coefficient (Wildman–Crippen LogP) is 4.58. The number of hydrogen-bond acceptors (Lipinski definition) is 2. The molecule has 0 saturated heterocycles. The minimum absolute atomic E-state index is 0.377. The second kappa shape index (κ2) is 4.72. The number of carbonyl (C=O) groups is 1. The zero-order valence-electron chi connectivity index (χ0n) is 9.69. The van der Waals surface area contributed by atoms with Crippen molar-refractivity contribution in [3.63, 3.8) is 0 Å². The van der Waals surface area contributed by atoms with E-state index in [0.717, 1.165) is 5.56 Å². The van der Waals surface area contributed by atoms with Gasteiger partial charge in [-0.15, -0.1) is 0 Å². The van der Waals surface area contributed by atoms with Crippen molar-refractivity contribution < 1.29 is 9.53 Å². The molecule has 0 radical (unpaired) electrons. The molecule has 0 unspecified atom stereocenters. The number of hydrogen-bond donors (Lipinski definition) is 0. The van der Waals surface area contributed by atoms with Crippen LogP contribution in [0.15, 0.2) is 48.5 Å². The summed E-state index contributed by atoms with van der Waals surface area (Å²) in [5, 5.41) is 1.03. The van der Waals surface area contributed by atoms with Crippen molar-refractivity contribution in [3.8, 4) is 0 Å². The Morgan fingerprint density at radius 3 is 2.26 bits per heavy atom. The quantitative estimate of drug-likeness (QED) is 0.719. The van der Waals surface area contributed by atoms with Crippen LogP contribution in [-0.2, 0) is 4.74 Å². The summed E-state index contributed by atoms with van der Waals surface area (Å²) in [7, 11) is 0. The Bertz CT molecular complexity index is 688. The zero-order chi connectivity index (χ0) is 13.4. The molecule has 4 heteroatoms. The number of carbonyl (C=O) groups excluding carboxylic acids is 1. The van der Waals surface area contributed by atoms with Crippen LogP contribution in [0.5, 0.6) is 0 Å². The molecule has 2 nitrogen and oxygen atoms in total. The molecule has 2 aromatic carbocycles. The van der Waals surface area contributed by atoms with Crippen molar-refractivity contribution >= 4 is 40.0 Å². The van der Waals surface area contributed by atoms with Crippen LogP contribution in [0.1, 0.15) is 21.5 Å². The molecule has 0 N–H and O–H groups in total. The Labute approximate surface area is 120 Å². The lowest BCUT2D eigenvalue weighted by molar-refractivity contribution is 0.0717. The zero-order valence-corrected chi connectivity index (χ0v) is 11.2. The van der Waals surface area contributed by atoms with Gasteiger partial charge in [-0.05, 0) is 23.8 Å². The van der Waals surface area contributed by atoms with Gasteiger partial charge in [0.25, 0.3) is 0 Å². The monoisotopic (exact) mass is 290 g/mol. The van der Waals surface area contributed by atoms with Gasteiger partial charge in [0.15, 0.2) is 5.76 Å². The highest BCUT2D eigenvalue weighted by Crippen LogP contribution is 2.37. The summed E-state index contributed by atoms with van der Waals surface area (Å²) >= 11 is 12.2. The summed E-state index contributed by atoms with van der Waals surface area (Å²) < 4.78 is 5.25. The Morgan fingerprint density at radius 2 is 1.58 bits per heavy atom. The first-order valence-corrected chi connectivity index (χ1v) is 6.39. The third-order valence-electron chi connectivity index (χ3n) is 2.88. The van der Waals surface area contributed by atoms with E-state index in [9.17, 15) is 4.79 Å². The molecule has 1 heterocycles. The molecular formula is C15H8Cl2O2. The van der Waals surface area contributed by atoms with Gasteiger partial charge < -0.3 is 4.74 Å². The van der Waals surface area contributed by atoms with Gasteiger partial charge in [0, 0.05) is 10.6 Å². The van der Waals surface area contributed by atoms with Crippen LogP contribution in [0.3, 0.4) is 0 Å². The third kappa shape index (κ3) is 2.14. The van der Waals surface area contributed by atoms with Crippen LogP contribution in [0, 0.1) is 0 Å². The second-order valence-corrected chi connectivity index (χ2v) is 4.90. The highest BCUT2D eigenvalue weighted by atomic mass is 35.5. The lowest BCUT2D eigenvalue weighted by atomic mass is 10.1. The molecule has 0 fully saturated rings. The maximum atomic E-state index is 11.7. The molecule has 0 bridgehead atoms. The Kier molecular flexibility index (Phi) is 3.05. The minimum atomic E-state index is -0.377. The number of ether oxygens (including phenoxy) is 1. The standard InChI is InChI=1S/C15H8Cl2O2/c16-10-7-5-9(6-8-10)13(17)14-11-3-1-2-4-12(11)15(18)19-14/h1-8H/b14-13+. The van der Waals surface area contributed by atoms with Gasteiger partial charge in [0.1, 0.15) is 0 Å². The van der Waals surface area contributed by atoms with E-state index >= 15 is 0 Å². The van der Waals surface area contributed by atoms with Crippen LogP contribution < -0.4 is 0 Å². The molecule has 0 amide bonds. The van der Waals surface area contributed by atoms with Crippen molar-refractivity contribution in [3.05, 3.63) is 70.2 Å². The summed E-state index contributed by atoms with van der Waals surface area (Å²) in [6, 6.07) is 14.2. The Balaban J connectivity index is 2.14. The smallest absolute Gasteiger partial charge is 0.344 e. The van der Waals surface area contributed by atoms with Crippen LogP contribution in [-0.4, -0.2) is 5.97 Å². The second-order valence-electron chi connectivity index (χ2n) is 4.09. The number of benzene rings is 2. The third-order valence-corrected chi connectivity index (χ3v) is 3.53. The van der Waals surface area contributed by atoms with E-state index < -0.39 is 0 Å². The maximum Gasteiger partial charge on any atom is 0.344 e. The molecule has 0 saturated carbocycles. The van der Waals surface area contributed by atoms with Gasteiger partial charge in [-0.1, -0.05) is 53.5 Å². The molecule has 0 aromatic heterocycles. The molecule has 0 atom stereocenters. The van der Waals surface area contributed by atoms with Gasteiger partial charge in [-0.25, -0.2) is 4.79 Å². The van der Waals surface area contributed by atoms with E-state index in [-0.39, 0.29) is 5.97 Å². The first kappa shape index (κ1) is 12.3. The molecule has 0 spiro atoms. The van der Waals surface area contributed by atoms with Crippen LogP contribution in [0.4, 0.5) is 0 Å². The van der Waals surface area contributed by atoms with Gasteiger partial charge >= 0.3 is 5.97 Å². The molecule has 3 rings (SSSR count). The van der Waals surface area contributed by atoms with Crippen molar-refractivity contribution in [2.24, 2.45) is 0 Å². The summed E-state index contributed by atoms with van der Waals surface area (Å²) in [5.41, 5.74) is 2.00. The van der Waals surface area contributed by atoms with Gasteiger partial charge in [0.05, 0.1) is 10.6 Å². The normalized spacial score (nSPS) is 16.0. The topological polar surface area (TPSA) is 26.3 Å². The fraction of sp³-hybridized carbons (Fsp3) is 0. The summed E-state index contributed by atoms with van der Waals surface area (Å²) in [6.45, 7) is 0. The van der Waals surface area contributed by atoms with E-state index in [0.29, 0.717) is 26.9 Å². The first-order valence-electron chi connectivity index (χ1n) is 5.64. The van der Waals surface area contributed by atoms with Crippen LogP contribution in [0.2, 0.25) is 5.02 Å². The molecular weight excluding hydrogens is 283 g/mol. The lowest BCUT2D eigenvalue weighted by Gasteiger charge is -2.04. The van der Waals surface area contributed by atoms with Crippen molar-refractivity contribution in [2.45, 2.75) is 0 Å². The maximum absolute atomic E-state index is 11.7. The lowest BCUT2D eigenvalue weighted by Crippen LogP contribution is -1.92. The predicted molar refractivity (Wildman–Crippen MR) is 76.0 cm³/mol. The first-order chi connectivity index (χ1) is 9.16. The molecule has 1 aliphatic heterocycles. The van der Waals surface area contributed by atoms with E-state index in [1.807, 2.05) is 12.1 Å². The largest absolute Gasteiger partial charge is 0.421 e. The number of fused-ring (bicyclic) bond motifs is 1. The van der Waals surface area contributed by atoms with Crippen LogP contribution in [0.25, 0.3) is 10.8 Å². The number of cyclic esters (lactones) is 1. The van der Waals surface area contributed by atoms with E-state index in [2.05, 4.69) is 0 Å². The van der Waals surface area contributed by atoms with Crippen molar-refractivity contribution in [1.29, 1.82) is 0 Å². The molecule has 1 aliphatic rings. The fourth-order valence-electron chi connectivity index (χ4n) is 1.95. The minimum Gasteiger partial charge on any atom is -0.421 e. The van der Waals surface area contributed by atoms with Crippen molar-refractivity contribution in [1.82, 2.24) is 0 Å². The van der Waals surface area contributed by atoms with Crippen molar-refractivity contribution in [2.75, 3.05) is 0 Å². The van der Waals surface area contributed by atoms with E-state index in [4.69, 9.17) is 27.9 Å². The van der Waals surface area contributed by atoms with Gasteiger partial charge in [-0.2, -0.15) is 0 Å². The SMILES string of the molecule is O=C1O/C(=C(/Cl)c2ccc(Cl)cc2)c2ccccc21. The highest BCUT2D eigenvalue weighted by molar-refractivity contribution is 6.52. The molecule has 94 valence electrons.